The molecule has 0 atom stereocenters. The Bertz CT molecular complexity index is 995. The lowest BCUT2D eigenvalue weighted by Gasteiger charge is -2.33. The molecular weight excluding hydrogens is 503 g/mol. The minimum absolute atomic E-state index is 0.354. The summed E-state index contributed by atoms with van der Waals surface area (Å²) in [5.74, 6) is 0.0272. The normalized spacial score (nSPS) is 18.1. The minimum Gasteiger partial charge on any atom is -0.372 e. The summed E-state index contributed by atoms with van der Waals surface area (Å²) in [5.41, 5.74) is 3.75. The molecule has 0 unspecified atom stereocenters. The number of hydrogen-bond donors (Lipinski definition) is 3. The predicted octanol–water partition coefficient (Wildman–Crippen LogP) is 3.84. The van der Waals surface area contributed by atoms with Gasteiger partial charge >= 0.3 is 0 Å². The second-order valence-electron chi connectivity index (χ2n) is 7.96. The molecule has 7 heteroatoms. The van der Waals surface area contributed by atoms with E-state index in [-0.39, 0.29) is 11.8 Å². The Kier molecular flexibility index (Phi) is 6.92. The third-order valence-electron chi connectivity index (χ3n) is 5.90. The lowest BCUT2D eigenvalue weighted by molar-refractivity contribution is -0.114. The highest BCUT2D eigenvalue weighted by Crippen LogP contribution is 2.27. The Balaban J connectivity index is 1.43. The van der Waals surface area contributed by atoms with E-state index in [4.69, 9.17) is 0 Å². The van der Waals surface area contributed by atoms with E-state index in [9.17, 15) is 9.59 Å². The Hall–Kier alpha value is -2.39. The van der Waals surface area contributed by atoms with Crippen molar-refractivity contribution in [2.24, 2.45) is 5.92 Å². The molecule has 4 rings (SSSR count). The molecule has 2 aliphatic heterocycles. The van der Waals surface area contributed by atoms with Crippen molar-refractivity contribution in [2.45, 2.75) is 19.8 Å². The van der Waals surface area contributed by atoms with Crippen LogP contribution in [0.5, 0.6) is 0 Å². The van der Waals surface area contributed by atoms with Crippen LogP contribution in [-0.4, -0.2) is 38.0 Å². The monoisotopic (exact) mass is 530 g/mol. The van der Waals surface area contributed by atoms with E-state index in [1.54, 1.807) is 12.3 Å². The number of piperidine rings is 1. The van der Waals surface area contributed by atoms with Crippen molar-refractivity contribution in [2.75, 3.05) is 36.4 Å². The van der Waals surface area contributed by atoms with Crippen molar-refractivity contribution in [3.8, 4) is 0 Å². The van der Waals surface area contributed by atoms with Gasteiger partial charge in [0.15, 0.2) is 0 Å². The molecule has 162 valence electrons. The topological polar surface area (TPSA) is 73.5 Å². The van der Waals surface area contributed by atoms with Crippen molar-refractivity contribution in [1.82, 2.24) is 10.6 Å². The third-order valence-corrected chi connectivity index (χ3v) is 6.57. The van der Waals surface area contributed by atoms with Gasteiger partial charge in [-0.15, -0.1) is 0 Å². The zero-order valence-electron chi connectivity index (χ0n) is 17.6. The number of rotatable bonds is 6. The maximum absolute atomic E-state index is 12.4. The average molecular weight is 530 g/mol. The van der Waals surface area contributed by atoms with Crippen molar-refractivity contribution < 1.29 is 9.59 Å². The molecule has 6 nitrogen and oxygen atoms in total. The summed E-state index contributed by atoms with van der Waals surface area (Å²) < 4.78 is 0.975. The number of nitrogens with one attached hydrogen (secondary N) is 3. The summed E-state index contributed by atoms with van der Waals surface area (Å²) in [6.07, 6.45) is 4.11. The molecule has 3 N–H and O–H groups in total. The quantitative estimate of drug-likeness (QED) is 0.301. The van der Waals surface area contributed by atoms with Crippen LogP contribution in [0.4, 0.5) is 11.4 Å². The number of amides is 2. The molecule has 2 aliphatic rings. The molecule has 0 saturated carbocycles. The molecule has 0 bridgehead atoms. The molecule has 1 saturated heterocycles. The SMILES string of the molecule is CCNCC1CCN(c2ccc(NC=C3C(=O)NC(=O)c4ccc(I)cc43)cc2)CC1. The molecule has 0 aromatic heterocycles. The van der Waals surface area contributed by atoms with Gasteiger partial charge in [-0.2, -0.15) is 0 Å². The summed E-state index contributed by atoms with van der Waals surface area (Å²) in [4.78, 5) is 26.9. The van der Waals surface area contributed by atoms with E-state index in [2.05, 4.69) is 62.5 Å². The summed E-state index contributed by atoms with van der Waals surface area (Å²) in [5, 5.41) is 9.08. The number of fused-ring (bicyclic) bond motifs is 1. The lowest BCUT2D eigenvalue weighted by atomic mass is 9.95. The van der Waals surface area contributed by atoms with Crippen LogP contribution in [-0.2, 0) is 4.79 Å². The highest BCUT2D eigenvalue weighted by atomic mass is 127. The number of carbonyl (C=O) groups excluding carboxylic acids is 2. The Morgan fingerprint density at radius 3 is 2.52 bits per heavy atom. The van der Waals surface area contributed by atoms with Crippen LogP contribution in [0.1, 0.15) is 35.7 Å². The van der Waals surface area contributed by atoms with E-state index >= 15 is 0 Å². The summed E-state index contributed by atoms with van der Waals surface area (Å²) in [6, 6.07) is 13.8. The third kappa shape index (κ3) is 5.10. The van der Waals surface area contributed by atoms with Crippen LogP contribution in [0.2, 0.25) is 0 Å². The van der Waals surface area contributed by atoms with Gasteiger partial charge in [0.25, 0.3) is 11.8 Å². The number of benzene rings is 2. The van der Waals surface area contributed by atoms with Gasteiger partial charge in [-0.3, -0.25) is 14.9 Å². The van der Waals surface area contributed by atoms with E-state index in [1.807, 2.05) is 24.3 Å². The van der Waals surface area contributed by atoms with Crippen LogP contribution >= 0.6 is 22.6 Å². The van der Waals surface area contributed by atoms with E-state index < -0.39 is 0 Å². The molecule has 2 heterocycles. The fraction of sp³-hybridized carbons (Fsp3) is 0.333. The number of imide groups is 1. The number of nitrogens with zero attached hydrogens (tertiary/aromatic N) is 1. The molecule has 0 aliphatic carbocycles. The molecule has 2 amide bonds. The molecule has 1 fully saturated rings. The number of hydrogen-bond acceptors (Lipinski definition) is 5. The first-order chi connectivity index (χ1) is 15.0. The highest BCUT2D eigenvalue weighted by Gasteiger charge is 2.27. The van der Waals surface area contributed by atoms with Gasteiger partial charge in [0.2, 0.25) is 0 Å². The fourth-order valence-corrected chi connectivity index (χ4v) is 4.60. The largest absolute Gasteiger partial charge is 0.372 e. The van der Waals surface area contributed by atoms with Crippen LogP contribution in [0.15, 0.2) is 48.7 Å². The zero-order chi connectivity index (χ0) is 21.8. The second-order valence-corrected chi connectivity index (χ2v) is 9.21. The summed E-state index contributed by atoms with van der Waals surface area (Å²) in [7, 11) is 0. The zero-order valence-corrected chi connectivity index (χ0v) is 19.7. The minimum atomic E-state index is -0.385. The standard InChI is InChI=1S/C24H27IN4O2/c1-2-26-14-16-9-11-29(12-10-16)19-6-4-18(5-7-19)27-15-22-21-13-17(25)3-8-20(21)23(30)28-24(22)31/h3-8,13,15-16,26-27H,2,9-12,14H2,1H3,(H,28,30,31). The lowest BCUT2D eigenvalue weighted by Crippen LogP contribution is -2.37. The highest BCUT2D eigenvalue weighted by molar-refractivity contribution is 14.1. The molecule has 2 aromatic carbocycles. The van der Waals surface area contributed by atoms with Crippen LogP contribution in [0, 0.1) is 9.49 Å². The Labute approximate surface area is 196 Å². The Morgan fingerprint density at radius 2 is 1.81 bits per heavy atom. The van der Waals surface area contributed by atoms with Crippen molar-refractivity contribution in [3.05, 3.63) is 63.4 Å². The summed E-state index contributed by atoms with van der Waals surface area (Å²) >= 11 is 2.18. The van der Waals surface area contributed by atoms with Gasteiger partial charge in [0, 0.05) is 45.4 Å². The molecule has 0 radical (unpaired) electrons. The van der Waals surface area contributed by atoms with Gasteiger partial charge in [0.05, 0.1) is 5.57 Å². The van der Waals surface area contributed by atoms with Crippen LogP contribution < -0.4 is 20.9 Å². The van der Waals surface area contributed by atoms with Crippen molar-refractivity contribution in [3.63, 3.8) is 0 Å². The first kappa shape index (κ1) is 21.8. The van der Waals surface area contributed by atoms with Crippen LogP contribution in [0.3, 0.4) is 0 Å². The van der Waals surface area contributed by atoms with E-state index in [1.165, 1.54) is 18.5 Å². The van der Waals surface area contributed by atoms with Gasteiger partial charge in [-0.25, -0.2) is 0 Å². The molecule has 31 heavy (non-hydrogen) atoms. The smallest absolute Gasteiger partial charge is 0.260 e. The second kappa shape index (κ2) is 9.82. The number of halogens is 1. The van der Waals surface area contributed by atoms with Gasteiger partial charge in [-0.05, 0) is 96.9 Å². The average Bonchev–Trinajstić information content (AvgIpc) is 2.78. The number of anilines is 2. The predicted molar refractivity (Wildman–Crippen MR) is 133 cm³/mol. The van der Waals surface area contributed by atoms with Crippen molar-refractivity contribution >= 4 is 51.4 Å². The fourth-order valence-electron chi connectivity index (χ4n) is 4.11. The summed E-state index contributed by atoms with van der Waals surface area (Å²) in [6.45, 7) is 6.46. The first-order valence-electron chi connectivity index (χ1n) is 10.7. The van der Waals surface area contributed by atoms with Crippen LogP contribution in [0.25, 0.3) is 5.57 Å². The number of carbonyl (C=O) groups is 2. The van der Waals surface area contributed by atoms with Gasteiger partial charge in [0.1, 0.15) is 0 Å². The Morgan fingerprint density at radius 1 is 1.06 bits per heavy atom. The van der Waals surface area contributed by atoms with E-state index in [0.717, 1.165) is 41.4 Å². The van der Waals surface area contributed by atoms with Gasteiger partial charge in [-0.1, -0.05) is 6.92 Å². The molecular formula is C24H27IN4O2. The first-order valence-corrected chi connectivity index (χ1v) is 11.8. The maximum atomic E-state index is 12.4. The van der Waals surface area contributed by atoms with E-state index in [0.29, 0.717) is 16.7 Å². The maximum Gasteiger partial charge on any atom is 0.260 e. The molecule has 0 spiro atoms. The van der Waals surface area contributed by atoms with Gasteiger partial charge < -0.3 is 15.5 Å². The molecule has 2 aromatic rings. The van der Waals surface area contributed by atoms with Crippen molar-refractivity contribution in [1.29, 1.82) is 0 Å².